The average molecular weight is 1070 g/mol. The first-order chi connectivity index (χ1) is 37.5. The normalized spacial score (nSPS) is 12.7. The number of ether oxygens (including phenoxy) is 1. The van der Waals surface area contributed by atoms with Crippen molar-refractivity contribution in [3.05, 3.63) is 36.5 Å². The highest BCUT2D eigenvalue weighted by molar-refractivity contribution is 5.76. The SMILES string of the molecule is CCCC/C=C\C/C=C\CCCCCCCC(=O)OCCCCCCCCCCCC/C=C\CCCCCCCCCC(=O)NC(CO)C(O)CCCCCCCCCCCCCCCCCCCCCCCCCC. The van der Waals surface area contributed by atoms with E-state index >= 15 is 0 Å². The largest absolute Gasteiger partial charge is 0.466 e. The van der Waals surface area contributed by atoms with Crippen LogP contribution in [0.2, 0.25) is 0 Å². The van der Waals surface area contributed by atoms with Crippen molar-refractivity contribution in [1.82, 2.24) is 5.32 Å². The lowest BCUT2D eigenvalue weighted by molar-refractivity contribution is -0.143. The summed E-state index contributed by atoms with van der Waals surface area (Å²) in [6.07, 6.45) is 83.2. The van der Waals surface area contributed by atoms with E-state index in [4.69, 9.17) is 4.74 Å². The van der Waals surface area contributed by atoms with Crippen LogP contribution in [0.4, 0.5) is 0 Å². The van der Waals surface area contributed by atoms with E-state index in [9.17, 15) is 19.8 Å². The quantitative estimate of drug-likeness (QED) is 0.0320. The maximum absolute atomic E-state index is 12.5. The number of unbranched alkanes of at least 4 members (excludes halogenated alkanes) is 47. The van der Waals surface area contributed by atoms with Crippen molar-refractivity contribution in [2.24, 2.45) is 0 Å². The summed E-state index contributed by atoms with van der Waals surface area (Å²) >= 11 is 0. The van der Waals surface area contributed by atoms with Crippen LogP contribution in [0.25, 0.3) is 0 Å². The molecule has 0 heterocycles. The number of rotatable bonds is 64. The Bertz CT molecular complexity index is 1230. The lowest BCUT2D eigenvalue weighted by atomic mass is 10.0. The Morgan fingerprint density at radius 3 is 1.05 bits per heavy atom. The molecule has 6 heteroatoms. The summed E-state index contributed by atoms with van der Waals surface area (Å²) in [6, 6.07) is -0.549. The van der Waals surface area contributed by atoms with Gasteiger partial charge >= 0.3 is 5.97 Å². The van der Waals surface area contributed by atoms with E-state index in [1.165, 1.54) is 289 Å². The molecule has 0 spiro atoms. The molecule has 0 saturated carbocycles. The number of aliphatic hydroxyl groups excluding tert-OH is 2. The summed E-state index contributed by atoms with van der Waals surface area (Å²) in [5, 5.41) is 23.4. The summed E-state index contributed by atoms with van der Waals surface area (Å²) in [7, 11) is 0. The van der Waals surface area contributed by atoms with Crippen LogP contribution in [0.15, 0.2) is 36.5 Å². The number of amides is 1. The average Bonchev–Trinajstić information content (AvgIpc) is 3.42. The van der Waals surface area contributed by atoms with Crippen LogP contribution in [0.3, 0.4) is 0 Å². The molecule has 0 aliphatic carbocycles. The minimum Gasteiger partial charge on any atom is -0.466 e. The number of hydrogen-bond donors (Lipinski definition) is 3. The second-order valence-electron chi connectivity index (χ2n) is 23.5. The number of nitrogens with one attached hydrogen (secondary N) is 1. The Labute approximate surface area is 474 Å². The van der Waals surface area contributed by atoms with E-state index in [2.05, 4.69) is 55.6 Å². The van der Waals surface area contributed by atoms with Crippen molar-refractivity contribution >= 4 is 11.9 Å². The van der Waals surface area contributed by atoms with Crippen molar-refractivity contribution in [3.8, 4) is 0 Å². The second kappa shape index (κ2) is 65.6. The minimum absolute atomic E-state index is 0.00584. The maximum Gasteiger partial charge on any atom is 0.305 e. The molecule has 0 saturated heterocycles. The van der Waals surface area contributed by atoms with Gasteiger partial charge < -0.3 is 20.3 Å². The topological polar surface area (TPSA) is 95.9 Å². The summed E-state index contributed by atoms with van der Waals surface area (Å²) in [6.45, 7) is 4.93. The lowest BCUT2D eigenvalue weighted by Crippen LogP contribution is -2.45. The molecule has 2 atom stereocenters. The fraction of sp³-hybridized carbons (Fsp3) is 0.886. The van der Waals surface area contributed by atoms with Gasteiger partial charge in [-0.1, -0.05) is 320 Å². The summed E-state index contributed by atoms with van der Waals surface area (Å²) < 4.78 is 5.47. The summed E-state index contributed by atoms with van der Waals surface area (Å²) in [4.78, 5) is 24.6. The first kappa shape index (κ1) is 74.1. The fourth-order valence-electron chi connectivity index (χ4n) is 10.7. The van der Waals surface area contributed by atoms with E-state index in [0.29, 0.717) is 25.9 Å². The Morgan fingerprint density at radius 2 is 0.671 bits per heavy atom. The third kappa shape index (κ3) is 61.3. The van der Waals surface area contributed by atoms with E-state index in [1.807, 2.05) is 0 Å². The van der Waals surface area contributed by atoms with Gasteiger partial charge in [-0.15, -0.1) is 0 Å². The molecule has 6 nitrogen and oxygen atoms in total. The zero-order chi connectivity index (χ0) is 55.0. The molecular weight excluding hydrogens is 935 g/mol. The highest BCUT2D eigenvalue weighted by Gasteiger charge is 2.20. The zero-order valence-electron chi connectivity index (χ0n) is 51.3. The van der Waals surface area contributed by atoms with Crippen molar-refractivity contribution in [3.63, 3.8) is 0 Å². The molecule has 0 aromatic heterocycles. The van der Waals surface area contributed by atoms with E-state index in [1.54, 1.807) is 0 Å². The summed E-state index contributed by atoms with van der Waals surface area (Å²) in [5.41, 5.74) is 0. The van der Waals surface area contributed by atoms with E-state index in [-0.39, 0.29) is 18.5 Å². The molecule has 0 fully saturated rings. The molecule has 76 heavy (non-hydrogen) atoms. The van der Waals surface area contributed by atoms with Crippen LogP contribution >= 0.6 is 0 Å². The molecule has 0 rings (SSSR count). The van der Waals surface area contributed by atoms with Gasteiger partial charge in [-0.2, -0.15) is 0 Å². The lowest BCUT2D eigenvalue weighted by Gasteiger charge is -2.22. The van der Waals surface area contributed by atoms with Gasteiger partial charge in [0, 0.05) is 12.8 Å². The zero-order valence-corrected chi connectivity index (χ0v) is 51.3. The molecule has 448 valence electrons. The molecular formula is C70H133NO5. The molecule has 0 aliphatic rings. The van der Waals surface area contributed by atoms with Crippen LogP contribution in [0, 0.1) is 0 Å². The summed E-state index contributed by atoms with van der Waals surface area (Å²) in [5.74, 6) is -0.0450. The standard InChI is InChI=1S/C70H133NO5/c1-3-5-7-9-11-13-15-17-19-20-21-22-23-24-26-29-32-35-38-42-46-50-54-58-62-68(73)67(66-72)71-69(74)63-59-55-51-47-43-39-36-33-30-27-25-28-31-34-37-41-45-49-53-57-61-65-76-70(75)64-60-56-52-48-44-40-18-16-14-12-10-8-6-4-2/h10,12,16,18,27,30,67-68,72-73H,3-9,11,13-15,17,19-26,28-29,31-66H2,1-2H3,(H,71,74)/b12-10-,18-16-,30-27-. The predicted octanol–water partition coefficient (Wildman–Crippen LogP) is 21.9. The molecule has 0 aromatic rings. The van der Waals surface area contributed by atoms with E-state index < -0.39 is 12.1 Å². The minimum atomic E-state index is -0.671. The van der Waals surface area contributed by atoms with Gasteiger partial charge in [0.15, 0.2) is 0 Å². The van der Waals surface area contributed by atoms with Crippen LogP contribution in [0.1, 0.15) is 373 Å². The third-order valence-electron chi connectivity index (χ3n) is 15.9. The predicted molar refractivity (Wildman–Crippen MR) is 333 cm³/mol. The molecule has 0 aromatic carbocycles. The van der Waals surface area contributed by atoms with Gasteiger partial charge in [0.25, 0.3) is 0 Å². The Morgan fingerprint density at radius 1 is 0.368 bits per heavy atom. The fourth-order valence-corrected chi connectivity index (χ4v) is 10.7. The highest BCUT2D eigenvalue weighted by atomic mass is 16.5. The van der Waals surface area contributed by atoms with Gasteiger partial charge in [-0.05, 0) is 77.0 Å². The number of allylic oxidation sites excluding steroid dienone is 6. The Hall–Kier alpha value is -1.92. The number of carbonyl (C=O) groups excluding carboxylic acids is 2. The Balaban J connectivity index is 3.43. The molecule has 1 amide bonds. The van der Waals surface area contributed by atoms with Gasteiger partial charge in [-0.3, -0.25) is 9.59 Å². The number of aliphatic hydroxyl groups is 2. The van der Waals surface area contributed by atoms with Gasteiger partial charge in [0.1, 0.15) is 0 Å². The number of hydrogen-bond acceptors (Lipinski definition) is 5. The smallest absolute Gasteiger partial charge is 0.305 e. The first-order valence-electron chi connectivity index (χ1n) is 34.2. The number of esters is 1. The van der Waals surface area contributed by atoms with Crippen molar-refractivity contribution < 1.29 is 24.5 Å². The van der Waals surface area contributed by atoms with E-state index in [0.717, 1.165) is 51.4 Å². The van der Waals surface area contributed by atoms with Crippen molar-refractivity contribution in [1.29, 1.82) is 0 Å². The van der Waals surface area contributed by atoms with Crippen molar-refractivity contribution in [2.45, 2.75) is 386 Å². The van der Waals surface area contributed by atoms with Crippen molar-refractivity contribution in [2.75, 3.05) is 13.2 Å². The molecule has 0 bridgehead atoms. The van der Waals surface area contributed by atoms with Crippen LogP contribution in [-0.4, -0.2) is 47.4 Å². The highest BCUT2D eigenvalue weighted by Crippen LogP contribution is 2.18. The molecule has 2 unspecified atom stereocenters. The van der Waals surface area contributed by atoms with Gasteiger partial charge in [0.05, 0.1) is 25.4 Å². The molecule has 3 N–H and O–H groups in total. The maximum atomic E-state index is 12.5. The molecule has 0 radical (unpaired) electrons. The number of carbonyl (C=O) groups is 2. The monoisotopic (exact) mass is 1070 g/mol. The van der Waals surface area contributed by atoms with Crippen LogP contribution in [0.5, 0.6) is 0 Å². The van der Waals surface area contributed by atoms with Gasteiger partial charge in [0.2, 0.25) is 5.91 Å². The third-order valence-corrected chi connectivity index (χ3v) is 15.9. The van der Waals surface area contributed by atoms with Gasteiger partial charge in [-0.25, -0.2) is 0 Å². The molecule has 0 aliphatic heterocycles. The first-order valence-corrected chi connectivity index (χ1v) is 34.2. The van der Waals surface area contributed by atoms with Crippen LogP contribution in [-0.2, 0) is 14.3 Å². The Kier molecular flexibility index (Phi) is 63.9. The van der Waals surface area contributed by atoms with Crippen LogP contribution < -0.4 is 5.32 Å². The second-order valence-corrected chi connectivity index (χ2v) is 23.5.